The summed E-state index contributed by atoms with van der Waals surface area (Å²) in [6.07, 6.45) is -3.22. The lowest BCUT2D eigenvalue weighted by molar-refractivity contribution is -0.138. The molecule has 3 aromatic carbocycles. The maximum absolute atomic E-state index is 13.5. The van der Waals surface area contributed by atoms with Crippen LogP contribution in [0.2, 0.25) is 0 Å². The molecule has 43 heavy (non-hydrogen) atoms. The number of halogens is 4. The Morgan fingerprint density at radius 2 is 1.86 bits per heavy atom. The molecular weight excluding hydrogens is 633 g/mol. The molecule has 1 aliphatic heterocycles. The second-order valence-electron chi connectivity index (χ2n) is 9.44. The number of aromatic nitrogens is 2. The van der Waals surface area contributed by atoms with Gasteiger partial charge in [0, 0.05) is 18.7 Å². The van der Waals surface area contributed by atoms with Crippen molar-refractivity contribution in [2.45, 2.75) is 13.1 Å². The lowest BCUT2D eigenvalue weighted by Crippen LogP contribution is -2.43. The van der Waals surface area contributed by atoms with E-state index in [4.69, 9.17) is 14.2 Å². The van der Waals surface area contributed by atoms with E-state index in [1.54, 1.807) is 48.2 Å². The average molecular weight is 659 g/mol. The standard InChI is InChI=1S/C30H26BrF3N4O5/c1-2-42-25-15-19(14-23(31)27(25)43-18-26(39)37-10-12-41-13-11-37)17-35-38-28(20-6-5-7-21(16-20)30(32,33)34)36-24-9-4-3-8-22(24)29(38)40/h3-9,14-17H,2,10-13,18H2,1H3. The van der Waals surface area contributed by atoms with E-state index in [1.807, 2.05) is 0 Å². The highest BCUT2D eigenvalue weighted by atomic mass is 79.9. The summed E-state index contributed by atoms with van der Waals surface area (Å²) in [6.45, 7) is 3.81. The lowest BCUT2D eigenvalue weighted by atomic mass is 10.1. The summed E-state index contributed by atoms with van der Waals surface area (Å²) < 4.78 is 58.8. The molecule has 1 aliphatic rings. The molecule has 2 heterocycles. The summed E-state index contributed by atoms with van der Waals surface area (Å²) in [7, 11) is 0. The van der Waals surface area contributed by atoms with Crippen LogP contribution in [0.25, 0.3) is 22.3 Å². The van der Waals surface area contributed by atoms with Crippen molar-refractivity contribution in [3.05, 3.63) is 86.6 Å². The number of para-hydroxylation sites is 1. The number of nitrogens with zero attached hydrogens (tertiary/aromatic N) is 4. The number of alkyl halides is 3. The molecule has 0 unspecified atom stereocenters. The van der Waals surface area contributed by atoms with Crippen molar-refractivity contribution in [2.75, 3.05) is 39.5 Å². The van der Waals surface area contributed by atoms with Gasteiger partial charge in [-0.3, -0.25) is 9.59 Å². The molecular formula is C30H26BrF3N4O5. The minimum Gasteiger partial charge on any atom is -0.490 e. The minimum atomic E-state index is -4.58. The van der Waals surface area contributed by atoms with Gasteiger partial charge in [0.2, 0.25) is 0 Å². The van der Waals surface area contributed by atoms with E-state index >= 15 is 0 Å². The van der Waals surface area contributed by atoms with E-state index in [0.29, 0.717) is 60.0 Å². The number of fused-ring (bicyclic) bond motifs is 1. The van der Waals surface area contributed by atoms with Crippen molar-refractivity contribution < 1.29 is 32.2 Å². The fourth-order valence-electron chi connectivity index (χ4n) is 4.48. The van der Waals surface area contributed by atoms with Crippen LogP contribution < -0.4 is 15.0 Å². The Morgan fingerprint density at radius 3 is 2.60 bits per heavy atom. The Morgan fingerprint density at radius 1 is 1.09 bits per heavy atom. The molecule has 4 aromatic rings. The van der Waals surface area contributed by atoms with Crippen LogP contribution in [-0.4, -0.2) is 66.2 Å². The maximum Gasteiger partial charge on any atom is 0.416 e. The third kappa shape index (κ3) is 6.89. The second-order valence-corrected chi connectivity index (χ2v) is 10.3. The summed E-state index contributed by atoms with van der Waals surface area (Å²) in [4.78, 5) is 32.2. The highest BCUT2D eigenvalue weighted by Crippen LogP contribution is 2.37. The predicted octanol–water partition coefficient (Wildman–Crippen LogP) is 5.36. The fraction of sp³-hybridized carbons (Fsp3) is 0.267. The van der Waals surface area contributed by atoms with Crippen LogP contribution in [0.1, 0.15) is 18.1 Å². The topological polar surface area (TPSA) is 95.2 Å². The lowest BCUT2D eigenvalue weighted by Gasteiger charge is -2.27. The van der Waals surface area contributed by atoms with Crippen molar-refractivity contribution in [3.63, 3.8) is 0 Å². The number of carbonyl (C=O) groups excluding carboxylic acids is 1. The van der Waals surface area contributed by atoms with Gasteiger partial charge >= 0.3 is 6.18 Å². The minimum absolute atomic E-state index is 0.0586. The first kappa shape index (κ1) is 30.2. The number of morpholine rings is 1. The van der Waals surface area contributed by atoms with Gasteiger partial charge in [-0.1, -0.05) is 24.3 Å². The van der Waals surface area contributed by atoms with Gasteiger partial charge in [0.15, 0.2) is 23.9 Å². The molecule has 0 radical (unpaired) electrons. The molecule has 0 bridgehead atoms. The van der Waals surface area contributed by atoms with Crippen LogP contribution in [0.5, 0.6) is 11.5 Å². The quantitative estimate of drug-likeness (QED) is 0.237. The third-order valence-electron chi connectivity index (χ3n) is 6.56. The van der Waals surface area contributed by atoms with Crippen LogP contribution in [0, 0.1) is 0 Å². The average Bonchev–Trinajstić information content (AvgIpc) is 3.00. The zero-order valence-corrected chi connectivity index (χ0v) is 24.5. The largest absolute Gasteiger partial charge is 0.490 e. The van der Waals surface area contributed by atoms with Crippen LogP contribution in [0.4, 0.5) is 13.2 Å². The molecule has 224 valence electrons. The summed E-state index contributed by atoms with van der Waals surface area (Å²) in [5, 5.41) is 4.60. The highest BCUT2D eigenvalue weighted by Gasteiger charge is 2.31. The van der Waals surface area contributed by atoms with Crippen molar-refractivity contribution in [1.82, 2.24) is 14.6 Å². The first-order chi connectivity index (χ1) is 20.7. The second kappa shape index (κ2) is 13.0. The van der Waals surface area contributed by atoms with Gasteiger partial charge in [0.05, 0.1) is 47.0 Å². The number of ether oxygens (including phenoxy) is 3. The molecule has 1 saturated heterocycles. The smallest absolute Gasteiger partial charge is 0.416 e. The molecule has 0 saturated carbocycles. The number of carbonyl (C=O) groups is 1. The summed E-state index contributed by atoms with van der Waals surface area (Å²) in [5.41, 5.74) is -0.561. The first-order valence-electron chi connectivity index (χ1n) is 13.3. The molecule has 0 N–H and O–H groups in total. The molecule has 13 heteroatoms. The molecule has 0 atom stereocenters. The number of hydrogen-bond donors (Lipinski definition) is 0. The van der Waals surface area contributed by atoms with E-state index in [0.717, 1.165) is 16.8 Å². The molecule has 9 nitrogen and oxygen atoms in total. The van der Waals surface area contributed by atoms with Gasteiger partial charge < -0.3 is 19.1 Å². The Balaban J connectivity index is 1.51. The van der Waals surface area contributed by atoms with E-state index in [9.17, 15) is 22.8 Å². The predicted molar refractivity (Wildman–Crippen MR) is 158 cm³/mol. The van der Waals surface area contributed by atoms with Crippen LogP contribution in [-0.2, 0) is 15.7 Å². The Bertz CT molecular complexity index is 1740. The molecule has 1 amide bonds. The van der Waals surface area contributed by atoms with Crippen molar-refractivity contribution in [2.24, 2.45) is 5.10 Å². The van der Waals surface area contributed by atoms with Gasteiger partial charge in [-0.25, -0.2) is 4.98 Å². The zero-order chi connectivity index (χ0) is 30.6. The zero-order valence-electron chi connectivity index (χ0n) is 22.9. The Labute approximate surface area is 252 Å². The number of benzene rings is 3. The van der Waals surface area contributed by atoms with E-state index in [1.165, 1.54) is 18.3 Å². The van der Waals surface area contributed by atoms with Crippen molar-refractivity contribution in [3.8, 4) is 22.9 Å². The molecule has 1 aromatic heterocycles. The first-order valence-corrected chi connectivity index (χ1v) is 14.1. The Kier molecular flexibility index (Phi) is 9.11. The van der Waals surface area contributed by atoms with Gasteiger partial charge in [-0.2, -0.15) is 22.9 Å². The van der Waals surface area contributed by atoms with Crippen molar-refractivity contribution in [1.29, 1.82) is 0 Å². The molecule has 1 fully saturated rings. The summed E-state index contributed by atoms with van der Waals surface area (Å²) in [5.74, 6) is 0.398. The molecule has 0 aliphatic carbocycles. The monoisotopic (exact) mass is 658 g/mol. The van der Waals surface area contributed by atoms with E-state index in [-0.39, 0.29) is 29.3 Å². The van der Waals surface area contributed by atoms with Crippen LogP contribution >= 0.6 is 15.9 Å². The van der Waals surface area contributed by atoms with E-state index < -0.39 is 17.3 Å². The number of rotatable bonds is 8. The molecule has 5 rings (SSSR count). The van der Waals surface area contributed by atoms with Crippen LogP contribution in [0.3, 0.4) is 0 Å². The summed E-state index contributed by atoms with van der Waals surface area (Å²) in [6, 6.07) is 14.4. The van der Waals surface area contributed by atoms with Crippen LogP contribution in [0.15, 0.2) is 75.0 Å². The number of amides is 1. The normalized spacial score (nSPS) is 13.9. The molecule has 0 spiro atoms. The van der Waals surface area contributed by atoms with Gasteiger partial charge in [-0.05, 0) is 64.8 Å². The SMILES string of the molecule is CCOc1cc(C=Nn2c(-c3cccc(C(F)(F)F)c3)nc3ccccc3c2=O)cc(Br)c1OCC(=O)N1CCOCC1. The maximum atomic E-state index is 13.5. The van der Waals surface area contributed by atoms with E-state index in [2.05, 4.69) is 26.0 Å². The van der Waals surface area contributed by atoms with Crippen molar-refractivity contribution >= 4 is 39.0 Å². The third-order valence-corrected chi connectivity index (χ3v) is 7.15. The fourth-order valence-corrected chi connectivity index (χ4v) is 5.05. The summed E-state index contributed by atoms with van der Waals surface area (Å²) >= 11 is 3.47. The van der Waals surface area contributed by atoms with Gasteiger partial charge in [-0.15, -0.1) is 0 Å². The highest BCUT2D eigenvalue weighted by molar-refractivity contribution is 9.10. The number of hydrogen-bond acceptors (Lipinski definition) is 7. The Hall–Kier alpha value is -4.23. The van der Waals surface area contributed by atoms with Gasteiger partial charge in [0.25, 0.3) is 11.5 Å². The van der Waals surface area contributed by atoms with Gasteiger partial charge in [0.1, 0.15) is 0 Å².